The zero-order valence-corrected chi connectivity index (χ0v) is 21.1. The molecule has 0 saturated heterocycles. The molecule has 6 heteroatoms. The highest BCUT2D eigenvalue weighted by molar-refractivity contribution is 6.00. The third-order valence-electron chi connectivity index (χ3n) is 7.31. The standard InChI is InChI=1S/C29H37N3O3/c1-3-4-5-6-7-8-9-22-21-10-11-25(33-2)28(31-14-13-30)24(21)18-32-15-12-20-16-26-27(35-19-34-26)17-23(20)29(22)32/h10-11,16-18H,3-9,12-15,19,30H2,1-2H3/p+1. The molecule has 35 heavy (non-hydrogen) atoms. The van der Waals surface area contributed by atoms with Crippen LogP contribution in [-0.2, 0) is 19.4 Å². The summed E-state index contributed by atoms with van der Waals surface area (Å²) in [6.45, 7) is 4.79. The highest BCUT2D eigenvalue weighted by Gasteiger charge is 2.31. The molecule has 3 N–H and O–H groups in total. The van der Waals surface area contributed by atoms with Crippen molar-refractivity contribution in [2.45, 2.75) is 64.8 Å². The summed E-state index contributed by atoms with van der Waals surface area (Å²) in [7, 11) is 1.73. The smallest absolute Gasteiger partial charge is 0.231 e. The van der Waals surface area contributed by atoms with Crippen molar-refractivity contribution < 1.29 is 18.8 Å². The van der Waals surface area contributed by atoms with Crippen LogP contribution < -0.4 is 29.8 Å². The fourth-order valence-electron chi connectivity index (χ4n) is 5.55. The summed E-state index contributed by atoms with van der Waals surface area (Å²) in [5, 5.41) is 6.02. The predicted molar refractivity (Wildman–Crippen MR) is 141 cm³/mol. The highest BCUT2D eigenvalue weighted by Crippen LogP contribution is 2.43. The molecule has 186 valence electrons. The van der Waals surface area contributed by atoms with Crippen molar-refractivity contribution in [3.05, 3.63) is 41.6 Å². The van der Waals surface area contributed by atoms with E-state index in [-0.39, 0.29) is 0 Å². The third kappa shape index (κ3) is 4.64. The number of aryl methyl sites for hydroxylation is 3. The van der Waals surface area contributed by atoms with Gasteiger partial charge in [-0.2, -0.15) is 4.57 Å². The van der Waals surface area contributed by atoms with Crippen molar-refractivity contribution in [2.24, 2.45) is 5.73 Å². The molecule has 0 bridgehead atoms. The molecule has 0 saturated carbocycles. The minimum Gasteiger partial charge on any atom is -0.495 e. The van der Waals surface area contributed by atoms with E-state index in [0.29, 0.717) is 19.9 Å². The topological polar surface area (TPSA) is 69.6 Å². The van der Waals surface area contributed by atoms with Gasteiger partial charge in [0.2, 0.25) is 12.5 Å². The number of hydrogen-bond acceptors (Lipinski definition) is 5. The first kappa shape index (κ1) is 23.7. The van der Waals surface area contributed by atoms with Crippen LogP contribution in [0.4, 0.5) is 5.69 Å². The van der Waals surface area contributed by atoms with Crippen LogP contribution >= 0.6 is 0 Å². The van der Waals surface area contributed by atoms with E-state index in [9.17, 15) is 0 Å². The fraction of sp³-hybridized carbons (Fsp3) is 0.483. The quantitative estimate of drug-likeness (QED) is 0.288. The molecular formula is C29H38N3O3+. The predicted octanol–water partition coefficient (Wildman–Crippen LogP) is 5.36. The first-order valence-electron chi connectivity index (χ1n) is 13.2. The molecule has 1 aromatic heterocycles. The number of ether oxygens (including phenoxy) is 3. The van der Waals surface area contributed by atoms with Crippen molar-refractivity contribution in [3.63, 3.8) is 0 Å². The highest BCUT2D eigenvalue weighted by atomic mass is 16.7. The Hall–Kier alpha value is -2.99. The zero-order chi connectivity index (χ0) is 24.2. The van der Waals surface area contributed by atoms with E-state index in [1.807, 2.05) is 0 Å². The molecule has 5 rings (SSSR count). The van der Waals surface area contributed by atoms with Gasteiger partial charge in [-0.25, -0.2) is 0 Å². The SMILES string of the molecule is CCCCCCCCc1c2[n+](cc3c(NCCN)c(OC)ccc13)CCc1cc3c(cc1-2)OCO3. The molecule has 6 nitrogen and oxygen atoms in total. The van der Waals surface area contributed by atoms with Crippen LogP contribution in [0.2, 0.25) is 0 Å². The Labute approximate surface area is 208 Å². The molecule has 0 spiro atoms. The second-order valence-electron chi connectivity index (χ2n) is 9.60. The molecule has 0 atom stereocenters. The zero-order valence-electron chi connectivity index (χ0n) is 21.1. The lowest BCUT2D eigenvalue weighted by Crippen LogP contribution is -2.41. The van der Waals surface area contributed by atoms with Gasteiger partial charge in [0.15, 0.2) is 24.2 Å². The number of nitrogens with one attached hydrogen (secondary N) is 1. The van der Waals surface area contributed by atoms with E-state index < -0.39 is 0 Å². The number of pyridine rings is 1. The Morgan fingerprint density at radius 1 is 1.03 bits per heavy atom. The Balaban J connectivity index is 1.63. The Morgan fingerprint density at radius 3 is 2.63 bits per heavy atom. The lowest BCUT2D eigenvalue weighted by molar-refractivity contribution is -0.686. The van der Waals surface area contributed by atoms with E-state index in [2.05, 4.69) is 47.3 Å². The van der Waals surface area contributed by atoms with Crippen LogP contribution in [0.15, 0.2) is 30.5 Å². The molecule has 2 aliphatic heterocycles. The van der Waals surface area contributed by atoms with Crippen LogP contribution in [-0.4, -0.2) is 27.0 Å². The molecule has 0 aliphatic carbocycles. The summed E-state index contributed by atoms with van der Waals surface area (Å²) in [6, 6.07) is 8.70. The summed E-state index contributed by atoms with van der Waals surface area (Å²) in [6.07, 6.45) is 12.0. The van der Waals surface area contributed by atoms with Gasteiger partial charge >= 0.3 is 0 Å². The maximum atomic E-state index is 5.84. The van der Waals surface area contributed by atoms with Crippen molar-refractivity contribution in [2.75, 3.05) is 32.3 Å². The second kappa shape index (κ2) is 10.7. The summed E-state index contributed by atoms with van der Waals surface area (Å²) in [5.74, 6) is 2.58. The van der Waals surface area contributed by atoms with Crippen molar-refractivity contribution >= 4 is 16.5 Å². The number of methoxy groups -OCH3 is 1. The van der Waals surface area contributed by atoms with Crippen LogP contribution in [0.25, 0.3) is 22.0 Å². The average molecular weight is 477 g/mol. The number of nitrogens with two attached hydrogens (primary N) is 1. The molecule has 2 aliphatic rings. The number of hydrogen-bond donors (Lipinski definition) is 2. The lowest BCUT2D eigenvalue weighted by Gasteiger charge is -2.21. The lowest BCUT2D eigenvalue weighted by atomic mass is 9.89. The van der Waals surface area contributed by atoms with Gasteiger partial charge in [0.1, 0.15) is 5.75 Å². The van der Waals surface area contributed by atoms with Gasteiger partial charge in [0.05, 0.1) is 23.7 Å². The summed E-state index contributed by atoms with van der Waals surface area (Å²) < 4.78 is 19.6. The minimum absolute atomic E-state index is 0.302. The molecule has 2 aromatic carbocycles. The van der Waals surface area contributed by atoms with Gasteiger partial charge < -0.3 is 25.3 Å². The largest absolute Gasteiger partial charge is 0.495 e. The molecule has 0 radical (unpaired) electrons. The molecule has 0 amide bonds. The van der Waals surface area contributed by atoms with E-state index >= 15 is 0 Å². The number of unbranched alkanes of at least 4 members (excludes halogenated alkanes) is 5. The minimum atomic E-state index is 0.302. The van der Waals surface area contributed by atoms with Crippen LogP contribution in [0, 0.1) is 0 Å². The van der Waals surface area contributed by atoms with E-state index in [1.54, 1.807) is 7.11 Å². The maximum absolute atomic E-state index is 5.84. The number of anilines is 1. The average Bonchev–Trinajstić information content (AvgIpc) is 3.34. The Morgan fingerprint density at radius 2 is 1.83 bits per heavy atom. The molecule has 3 aromatic rings. The van der Waals surface area contributed by atoms with E-state index in [1.165, 1.54) is 71.7 Å². The van der Waals surface area contributed by atoms with Crippen molar-refractivity contribution in [1.29, 1.82) is 0 Å². The monoisotopic (exact) mass is 476 g/mol. The van der Waals surface area contributed by atoms with Crippen molar-refractivity contribution in [3.8, 4) is 28.5 Å². The molecule has 0 unspecified atom stereocenters. The third-order valence-corrected chi connectivity index (χ3v) is 7.31. The van der Waals surface area contributed by atoms with Crippen molar-refractivity contribution in [1.82, 2.24) is 0 Å². The second-order valence-corrected chi connectivity index (χ2v) is 9.60. The number of benzene rings is 2. The van der Waals surface area contributed by atoms with Crippen LogP contribution in [0.3, 0.4) is 0 Å². The normalized spacial score (nSPS) is 13.6. The summed E-state index contributed by atoms with van der Waals surface area (Å²) >= 11 is 0. The molecule has 0 fully saturated rings. The first-order valence-corrected chi connectivity index (χ1v) is 13.2. The van der Waals surface area contributed by atoms with Crippen LogP contribution in [0.1, 0.15) is 56.6 Å². The van der Waals surface area contributed by atoms with E-state index in [0.717, 1.165) is 42.3 Å². The summed E-state index contributed by atoms with van der Waals surface area (Å²) in [5.41, 5.74) is 12.2. The Kier molecular flexibility index (Phi) is 7.28. The first-order chi connectivity index (χ1) is 17.2. The van der Waals surface area contributed by atoms with Gasteiger partial charge in [-0.3, -0.25) is 0 Å². The molecular weight excluding hydrogens is 438 g/mol. The van der Waals surface area contributed by atoms with Gasteiger partial charge in [-0.15, -0.1) is 0 Å². The summed E-state index contributed by atoms with van der Waals surface area (Å²) in [4.78, 5) is 0. The van der Waals surface area contributed by atoms with E-state index in [4.69, 9.17) is 19.9 Å². The molecule has 3 heterocycles. The Bertz CT molecular complexity index is 1210. The van der Waals surface area contributed by atoms with Crippen LogP contribution in [0.5, 0.6) is 17.2 Å². The van der Waals surface area contributed by atoms with Gasteiger partial charge in [-0.1, -0.05) is 39.0 Å². The number of fused-ring (bicyclic) bond motifs is 5. The fourth-order valence-corrected chi connectivity index (χ4v) is 5.55. The number of rotatable bonds is 11. The van der Waals surface area contributed by atoms with Gasteiger partial charge in [0.25, 0.3) is 0 Å². The van der Waals surface area contributed by atoms with Gasteiger partial charge in [0, 0.05) is 25.1 Å². The van der Waals surface area contributed by atoms with Gasteiger partial charge in [-0.05, 0) is 48.1 Å². The maximum Gasteiger partial charge on any atom is 0.231 e. The number of nitrogens with zero attached hydrogens (tertiary/aromatic N) is 1. The number of aromatic nitrogens is 1.